The monoisotopic (exact) mass is 331 g/mol. The standard InChI is InChI=1S/C11H14BrN3O4/c1-2-15-5-6(12)3-8(15)10(17)14-7(11(18)19)4-9(13)16/h3,5,7H,2,4H2,1H3,(H2,13,16)(H,14,17)(H,18,19). The first-order valence-corrected chi connectivity index (χ1v) is 6.32. The number of nitrogens with one attached hydrogen (secondary N) is 1. The SMILES string of the molecule is CCn1cc(Br)cc1C(=O)NC(CC(N)=O)C(=O)O. The minimum Gasteiger partial charge on any atom is -0.480 e. The van der Waals surface area contributed by atoms with Crippen LogP contribution in [0.5, 0.6) is 0 Å². The lowest BCUT2D eigenvalue weighted by Crippen LogP contribution is -2.43. The van der Waals surface area contributed by atoms with E-state index in [9.17, 15) is 14.4 Å². The van der Waals surface area contributed by atoms with Gasteiger partial charge in [0.25, 0.3) is 5.91 Å². The van der Waals surface area contributed by atoms with Gasteiger partial charge >= 0.3 is 5.97 Å². The van der Waals surface area contributed by atoms with Gasteiger partial charge in [-0.3, -0.25) is 9.59 Å². The molecule has 8 heteroatoms. The van der Waals surface area contributed by atoms with E-state index in [1.165, 1.54) is 0 Å². The molecule has 7 nitrogen and oxygen atoms in total. The molecule has 0 aliphatic rings. The van der Waals surface area contributed by atoms with Crippen LogP contribution in [0.3, 0.4) is 0 Å². The first-order chi connectivity index (χ1) is 8.85. The summed E-state index contributed by atoms with van der Waals surface area (Å²) in [6.07, 6.45) is 1.26. The molecule has 104 valence electrons. The third-order valence-corrected chi connectivity index (χ3v) is 2.88. The number of primary amides is 1. The van der Waals surface area contributed by atoms with Gasteiger partial charge in [0.1, 0.15) is 11.7 Å². The van der Waals surface area contributed by atoms with E-state index < -0.39 is 30.2 Å². The number of carboxylic acids is 1. The Bertz CT molecular complexity index is 512. The predicted molar refractivity (Wildman–Crippen MR) is 70.5 cm³/mol. The zero-order chi connectivity index (χ0) is 14.6. The van der Waals surface area contributed by atoms with E-state index in [-0.39, 0.29) is 0 Å². The molecule has 0 saturated heterocycles. The summed E-state index contributed by atoms with van der Waals surface area (Å²) in [7, 11) is 0. The molecule has 19 heavy (non-hydrogen) atoms. The zero-order valence-corrected chi connectivity index (χ0v) is 11.8. The number of aliphatic carboxylic acids is 1. The van der Waals surface area contributed by atoms with Crippen LogP contribution >= 0.6 is 15.9 Å². The Morgan fingerprint density at radius 3 is 2.63 bits per heavy atom. The van der Waals surface area contributed by atoms with Crippen LogP contribution in [0.15, 0.2) is 16.7 Å². The van der Waals surface area contributed by atoms with Crippen molar-refractivity contribution in [3.8, 4) is 0 Å². The molecular formula is C11H14BrN3O4. The highest BCUT2D eigenvalue weighted by molar-refractivity contribution is 9.10. The Labute approximate surface area is 117 Å². The van der Waals surface area contributed by atoms with Crippen molar-refractivity contribution in [2.24, 2.45) is 5.73 Å². The maximum absolute atomic E-state index is 12.0. The van der Waals surface area contributed by atoms with Gasteiger partial charge in [0, 0.05) is 17.2 Å². The van der Waals surface area contributed by atoms with Crippen molar-refractivity contribution in [3.05, 3.63) is 22.4 Å². The number of amides is 2. The van der Waals surface area contributed by atoms with Crippen LogP contribution in [0, 0.1) is 0 Å². The van der Waals surface area contributed by atoms with E-state index in [0.717, 1.165) is 0 Å². The first kappa shape index (κ1) is 15.2. The lowest BCUT2D eigenvalue weighted by atomic mass is 10.2. The second kappa shape index (κ2) is 6.37. The summed E-state index contributed by atoms with van der Waals surface area (Å²) in [4.78, 5) is 33.6. The molecule has 0 aliphatic heterocycles. The van der Waals surface area contributed by atoms with Crippen LogP contribution in [0.4, 0.5) is 0 Å². The Hall–Kier alpha value is -1.83. The fourth-order valence-corrected chi connectivity index (χ4v) is 2.02. The molecule has 4 N–H and O–H groups in total. The Morgan fingerprint density at radius 1 is 1.53 bits per heavy atom. The normalized spacial score (nSPS) is 11.9. The smallest absolute Gasteiger partial charge is 0.326 e. The molecule has 1 aromatic heterocycles. The molecule has 1 heterocycles. The Kier molecular flexibility index (Phi) is 5.11. The summed E-state index contributed by atoms with van der Waals surface area (Å²) in [5.74, 6) is -2.67. The number of carbonyl (C=O) groups is 3. The second-order valence-electron chi connectivity index (χ2n) is 3.86. The first-order valence-electron chi connectivity index (χ1n) is 5.52. The number of carbonyl (C=O) groups excluding carboxylic acids is 2. The number of rotatable bonds is 6. The van der Waals surface area contributed by atoms with Gasteiger partial charge in [-0.15, -0.1) is 0 Å². The van der Waals surface area contributed by atoms with Crippen LogP contribution in [-0.4, -0.2) is 33.5 Å². The summed E-state index contributed by atoms with van der Waals surface area (Å²) in [6.45, 7) is 2.41. The van der Waals surface area contributed by atoms with Crippen molar-refractivity contribution in [2.45, 2.75) is 25.9 Å². The van der Waals surface area contributed by atoms with E-state index >= 15 is 0 Å². The van der Waals surface area contributed by atoms with E-state index in [0.29, 0.717) is 16.7 Å². The van der Waals surface area contributed by atoms with Crippen LogP contribution < -0.4 is 11.1 Å². The fourth-order valence-electron chi connectivity index (χ4n) is 1.56. The Balaban J connectivity index is 2.87. The fraction of sp³-hybridized carbons (Fsp3) is 0.364. The molecule has 0 bridgehead atoms. The maximum Gasteiger partial charge on any atom is 0.326 e. The van der Waals surface area contributed by atoms with Crippen molar-refractivity contribution in [1.82, 2.24) is 9.88 Å². The molecule has 1 aromatic rings. The molecular weight excluding hydrogens is 318 g/mol. The van der Waals surface area contributed by atoms with Crippen LogP contribution in [-0.2, 0) is 16.1 Å². The number of hydrogen-bond acceptors (Lipinski definition) is 3. The average molecular weight is 332 g/mol. The summed E-state index contributed by atoms with van der Waals surface area (Å²) in [6, 6.07) is 0.242. The molecule has 0 spiro atoms. The van der Waals surface area contributed by atoms with Gasteiger partial charge in [0.2, 0.25) is 5.91 Å². The molecule has 1 unspecified atom stereocenters. The molecule has 2 amide bonds. The minimum absolute atomic E-state index is 0.310. The van der Waals surface area contributed by atoms with Crippen molar-refractivity contribution in [2.75, 3.05) is 0 Å². The highest BCUT2D eigenvalue weighted by Gasteiger charge is 2.24. The summed E-state index contributed by atoms with van der Waals surface area (Å²) < 4.78 is 2.36. The van der Waals surface area contributed by atoms with Crippen molar-refractivity contribution >= 4 is 33.7 Å². The van der Waals surface area contributed by atoms with Crippen molar-refractivity contribution in [3.63, 3.8) is 0 Å². The number of aryl methyl sites for hydroxylation is 1. The maximum atomic E-state index is 12.0. The topological polar surface area (TPSA) is 114 Å². The van der Waals surface area contributed by atoms with E-state index in [1.807, 2.05) is 6.92 Å². The molecule has 0 saturated carbocycles. The lowest BCUT2D eigenvalue weighted by molar-refractivity contribution is -0.140. The summed E-state index contributed by atoms with van der Waals surface area (Å²) >= 11 is 3.24. The van der Waals surface area contributed by atoms with Gasteiger partial charge in [-0.2, -0.15) is 0 Å². The van der Waals surface area contributed by atoms with Gasteiger partial charge in [0.15, 0.2) is 0 Å². The second-order valence-corrected chi connectivity index (χ2v) is 4.78. The Morgan fingerprint density at radius 2 is 2.16 bits per heavy atom. The van der Waals surface area contributed by atoms with Gasteiger partial charge in [-0.25, -0.2) is 4.79 Å². The van der Waals surface area contributed by atoms with Crippen LogP contribution in [0.1, 0.15) is 23.8 Å². The molecule has 0 fully saturated rings. The van der Waals surface area contributed by atoms with Gasteiger partial charge in [-0.1, -0.05) is 0 Å². The highest BCUT2D eigenvalue weighted by Crippen LogP contribution is 2.15. The number of hydrogen-bond donors (Lipinski definition) is 3. The minimum atomic E-state index is -1.33. The third kappa shape index (κ3) is 4.09. The van der Waals surface area contributed by atoms with Crippen LogP contribution in [0.25, 0.3) is 0 Å². The molecule has 0 aromatic carbocycles. The number of halogens is 1. The van der Waals surface area contributed by atoms with Crippen LogP contribution in [0.2, 0.25) is 0 Å². The van der Waals surface area contributed by atoms with Gasteiger partial charge in [-0.05, 0) is 28.9 Å². The highest BCUT2D eigenvalue weighted by atomic mass is 79.9. The molecule has 0 aliphatic carbocycles. The third-order valence-electron chi connectivity index (χ3n) is 2.45. The number of nitrogens with zero attached hydrogens (tertiary/aromatic N) is 1. The van der Waals surface area contributed by atoms with Gasteiger partial charge < -0.3 is 20.7 Å². The molecule has 1 rings (SSSR count). The largest absolute Gasteiger partial charge is 0.480 e. The number of carboxylic acid groups (broad SMARTS) is 1. The van der Waals surface area contributed by atoms with Crippen molar-refractivity contribution in [1.29, 1.82) is 0 Å². The number of aromatic nitrogens is 1. The zero-order valence-electron chi connectivity index (χ0n) is 10.2. The van der Waals surface area contributed by atoms with E-state index in [1.54, 1.807) is 16.8 Å². The average Bonchev–Trinajstić information content (AvgIpc) is 2.68. The quantitative estimate of drug-likeness (QED) is 0.696. The number of nitrogens with two attached hydrogens (primary N) is 1. The lowest BCUT2D eigenvalue weighted by Gasteiger charge is -2.13. The van der Waals surface area contributed by atoms with E-state index in [2.05, 4.69) is 21.2 Å². The molecule has 1 atom stereocenters. The van der Waals surface area contributed by atoms with Gasteiger partial charge in [0.05, 0.1) is 6.42 Å². The summed E-state index contributed by atoms with van der Waals surface area (Å²) in [5.41, 5.74) is 5.25. The summed E-state index contributed by atoms with van der Waals surface area (Å²) in [5, 5.41) is 11.2. The predicted octanol–water partition coefficient (Wildman–Crippen LogP) is 0.329. The van der Waals surface area contributed by atoms with Crippen molar-refractivity contribution < 1.29 is 19.5 Å². The molecule has 0 radical (unpaired) electrons. The van der Waals surface area contributed by atoms with E-state index in [4.69, 9.17) is 10.8 Å².